The second kappa shape index (κ2) is 7.74. The van der Waals surface area contributed by atoms with Crippen molar-refractivity contribution in [2.75, 3.05) is 0 Å². The van der Waals surface area contributed by atoms with E-state index in [2.05, 4.69) is 108 Å². The van der Waals surface area contributed by atoms with Gasteiger partial charge in [0, 0.05) is 16.3 Å². The summed E-state index contributed by atoms with van der Waals surface area (Å²) in [6.45, 7) is 0. The van der Waals surface area contributed by atoms with Crippen LogP contribution in [0.4, 0.5) is 0 Å². The fraction of sp³-hybridized carbons (Fsp3) is 0. The lowest BCUT2D eigenvalue weighted by Crippen LogP contribution is -1.94. The van der Waals surface area contributed by atoms with Gasteiger partial charge in [-0.3, -0.25) is 0 Å². The van der Waals surface area contributed by atoms with Crippen LogP contribution in [0.25, 0.3) is 76.6 Å². The predicted octanol–water partition coefficient (Wildman–Crippen LogP) is 9.17. The third kappa shape index (κ3) is 2.95. The standard InChI is InChI=1S/C34H20N2O/c1-2-9-22-19-30-29(18-21(22)8-1)34(36-20-35-30)33-27-12-5-3-10-25(27)32(26-11-4-6-13-28(26)33)24-14-7-15-31-23(24)16-17-37-31/h1-20H. The van der Waals surface area contributed by atoms with Crippen molar-refractivity contribution >= 4 is 54.2 Å². The smallest absolute Gasteiger partial charge is 0.134 e. The van der Waals surface area contributed by atoms with E-state index >= 15 is 0 Å². The molecule has 0 unspecified atom stereocenters. The van der Waals surface area contributed by atoms with Gasteiger partial charge in [0.15, 0.2) is 0 Å². The van der Waals surface area contributed by atoms with Gasteiger partial charge in [0.05, 0.1) is 17.5 Å². The third-order valence-electron chi connectivity index (χ3n) is 7.44. The molecular weight excluding hydrogens is 452 g/mol. The minimum atomic E-state index is 0.892. The zero-order chi connectivity index (χ0) is 24.3. The highest BCUT2D eigenvalue weighted by atomic mass is 16.3. The van der Waals surface area contributed by atoms with Crippen LogP contribution in [0.1, 0.15) is 0 Å². The Bertz CT molecular complexity index is 2100. The Labute approximate surface area is 212 Å². The summed E-state index contributed by atoms with van der Waals surface area (Å²) in [5.74, 6) is 0. The Hall–Kier alpha value is -5.02. The van der Waals surface area contributed by atoms with Gasteiger partial charge in [-0.05, 0) is 67.7 Å². The van der Waals surface area contributed by atoms with Crippen LogP contribution >= 0.6 is 0 Å². The summed E-state index contributed by atoms with van der Waals surface area (Å²) in [5, 5.41) is 9.26. The number of nitrogens with zero attached hydrogens (tertiary/aromatic N) is 2. The maximum Gasteiger partial charge on any atom is 0.134 e. The molecule has 0 amide bonds. The highest BCUT2D eigenvalue weighted by molar-refractivity contribution is 6.24. The van der Waals surface area contributed by atoms with Crippen LogP contribution in [0.15, 0.2) is 126 Å². The van der Waals surface area contributed by atoms with Gasteiger partial charge >= 0.3 is 0 Å². The van der Waals surface area contributed by atoms with E-state index < -0.39 is 0 Å². The van der Waals surface area contributed by atoms with Crippen molar-refractivity contribution in [2.24, 2.45) is 0 Å². The first-order chi connectivity index (χ1) is 18.4. The number of benzene rings is 6. The molecule has 0 spiro atoms. The molecule has 2 heterocycles. The summed E-state index contributed by atoms with van der Waals surface area (Å²) in [6.07, 6.45) is 3.46. The molecule has 37 heavy (non-hydrogen) atoms. The number of rotatable bonds is 2. The van der Waals surface area contributed by atoms with Gasteiger partial charge in [-0.15, -0.1) is 0 Å². The van der Waals surface area contributed by atoms with E-state index in [9.17, 15) is 0 Å². The van der Waals surface area contributed by atoms with Crippen molar-refractivity contribution in [3.05, 3.63) is 122 Å². The molecule has 8 aromatic rings. The number of hydrogen-bond acceptors (Lipinski definition) is 3. The van der Waals surface area contributed by atoms with Crippen LogP contribution < -0.4 is 0 Å². The third-order valence-corrected chi connectivity index (χ3v) is 7.44. The van der Waals surface area contributed by atoms with Crippen LogP contribution in [-0.4, -0.2) is 9.97 Å². The lowest BCUT2D eigenvalue weighted by Gasteiger charge is -2.18. The number of fused-ring (bicyclic) bond motifs is 5. The molecule has 0 aliphatic carbocycles. The van der Waals surface area contributed by atoms with Gasteiger partial charge in [0.25, 0.3) is 0 Å². The van der Waals surface area contributed by atoms with Crippen LogP contribution in [-0.2, 0) is 0 Å². The van der Waals surface area contributed by atoms with E-state index in [1.165, 1.54) is 43.4 Å². The first-order valence-corrected chi connectivity index (χ1v) is 12.4. The number of furan rings is 1. The maximum atomic E-state index is 5.76. The molecule has 0 fully saturated rings. The Balaban J connectivity index is 1.56. The number of hydrogen-bond donors (Lipinski definition) is 0. The molecule has 8 rings (SSSR count). The Kier molecular flexibility index (Phi) is 4.23. The van der Waals surface area contributed by atoms with Gasteiger partial charge in [-0.25, -0.2) is 9.97 Å². The van der Waals surface area contributed by atoms with Gasteiger partial charge < -0.3 is 4.42 Å². The summed E-state index contributed by atoms with van der Waals surface area (Å²) in [5.41, 5.74) is 6.32. The van der Waals surface area contributed by atoms with E-state index in [1.807, 2.05) is 6.07 Å². The molecule has 6 aromatic carbocycles. The van der Waals surface area contributed by atoms with Crippen LogP contribution in [0, 0.1) is 0 Å². The van der Waals surface area contributed by atoms with Gasteiger partial charge in [-0.2, -0.15) is 0 Å². The van der Waals surface area contributed by atoms with Gasteiger partial charge in [-0.1, -0.05) is 84.9 Å². The van der Waals surface area contributed by atoms with Gasteiger partial charge in [0.1, 0.15) is 11.9 Å². The fourth-order valence-electron chi connectivity index (χ4n) is 5.83. The van der Waals surface area contributed by atoms with E-state index in [4.69, 9.17) is 9.40 Å². The first-order valence-electron chi connectivity index (χ1n) is 12.4. The highest BCUT2D eigenvalue weighted by Crippen LogP contribution is 2.46. The predicted molar refractivity (Wildman–Crippen MR) is 153 cm³/mol. The molecule has 3 heteroatoms. The molecule has 0 atom stereocenters. The maximum absolute atomic E-state index is 5.76. The Morgan fingerprint density at radius 1 is 0.486 bits per heavy atom. The molecule has 0 saturated carbocycles. The average Bonchev–Trinajstić information content (AvgIpc) is 3.44. The average molecular weight is 473 g/mol. The molecule has 2 aromatic heterocycles. The van der Waals surface area contributed by atoms with Crippen molar-refractivity contribution in [2.45, 2.75) is 0 Å². The topological polar surface area (TPSA) is 38.9 Å². The van der Waals surface area contributed by atoms with Crippen molar-refractivity contribution in [1.82, 2.24) is 9.97 Å². The zero-order valence-electron chi connectivity index (χ0n) is 19.8. The van der Waals surface area contributed by atoms with Gasteiger partial charge in [0.2, 0.25) is 0 Å². The molecule has 0 radical (unpaired) electrons. The van der Waals surface area contributed by atoms with Crippen LogP contribution in [0.5, 0.6) is 0 Å². The van der Waals surface area contributed by atoms with E-state index in [0.717, 1.165) is 33.1 Å². The molecule has 0 aliphatic heterocycles. The van der Waals surface area contributed by atoms with Crippen molar-refractivity contribution in [1.29, 1.82) is 0 Å². The second-order valence-electron chi connectivity index (χ2n) is 9.42. The number of aromatic nitrogens is 2. The molecule has 172 valence electrons. The lowest BCUT2D eigenvalue weighted by molar-refractivity contribution is 0.616. The van der Waals surface area contributed by atoms with Crippen molar-refractivity contribution in [3.8, 4) is 22.4 Å². The van der Waals surface area contributed by atoms with E-state index in [0.29, 0.717) is 0 Å². The molecule has 0 N–H and O–H groups in total. The van der Waals surface area contributed by atoms with E-state index in [-0.39, 0.29) is 0 Å². The SMILES string of the molecule is c1ccc2cc3c(-c4c5ccccc5c(-c5cccc6occc56)c5ccccc45)ncnc3cc2c1. The summed E-state index contributed by atoms with van der Waals surface area (Å²) in [6, 6.07) is 38.5. The largest absolute Gasteiger partial charge is 0.464 e. The first kappa shape index (κ1) is 20.2. The quantitative estimate of drug-likeness (QED) is 0.235. The molecule has 3 nitrogen and oxygen atoms in total. The lowest BCUT2D eigenvalue weighted by atomic mass is 9.85. The molecular formula is C34H20N2O. The minimum absolute atomic E-state index is 0.892. The Morgan fingerprint density at radius 3 is 1.86 bits per heavy atom. The van der Waals surface area contributed by atoms with E-state index in [1.54, 1.807) is 12.6 Å². The monoisotopic (exact) mass is 472 g/mol. The van der Waals surface area contributed by atoms with Crippen LogP contribution in [0.2, 0.25) is 0 Å². The minimum Gasteiger partial charge on any atom is -0.464 e. The molecule has 0 saturated heterocycles. The highest BCUT2D eigenvalue weighted by Gasteiger charge is 2.20. The summed E-state index contributed by atoms with van der Waals surface area (Å²) >= 11 is 0. The molecule has 0 bridgehead atoms. The summed E-state index contributed by atoms with van der Waals surface area (Å²) < 4.78 is 5.76. The van der Waals surface area contributed by atoms with Crippen molar-refractivity contribution < 1.29 is 4.42 Å². The Morgan fingerprint density at radius 2 is 1.14 bits per heavy atom. The van der Waals surface area contributed by atoms with Crippen LogP contribution in [0.3, 0.4) is 0 Å². The molecule has 0 aliphatic rings. The second-order valence-corrected chi connectivity index (χ2v) is 9.42. The normalized spacial score (nSPS) is 11.8. The summed E-state index contributed by atoms with van der Waals surface area (Å²) in [7, 11) is 0. The fourth-order valence-corrected chi connectivity index (χ4v) is 5.83. The zero-order valence-corrected chi connectivity index (χ0v) is 19.8. The summed E-state index contributed by atoms with van der Waals surface area (Å²) in [4.78, 5) is 9.55. The van der Waals surface area contributed by atoms with Crippen molar-refractivity contribution in [3.63, 3.8) is 0 Å².